The molecule has 1 amide bonds. The number of hydrogen-bond donors (Lipinski definition) is 1. The molecule has 1 heterocycles. The number of benzene rings is 3. The highest BCUT2D eigenvalue weighted by Gasteiger charge is 2.11. The van der Waals surface area contributed by atoms with E-state index in [1.165, 1.54) is 0 Å². The van der Waals surface area contributed by atoms with Gasteiger partial charge in [0, 0.05) is 16.8 Å². The molecule has 0 saturated heterocycles. The van der Waals surface area contributed by atoms with Crippen molar-refractivity contribution >= 4 is 22.7 Å². The van der Waals surface area contributed by atoms with Gasteiger partial charge < -0.3 is 14.5 Å². The molecule has 0 unspecified atom stereocenters. The Morgan fingerprint density at radius 2 is 1.93 bits per heavy atom. The highest BCUT2D eigenvalue weighted by atomic mass is 16.5. The van der Waals surface area contributed by atoms with Crippen LogP contribution >= 0.6 is 0 Å². The number of ether oxygens (including phenoxy) is 1. The van der Waals surface area contributed by atoms with Gasteiger partial charge in [-0.05, 0) is 61.9 Å². The van der Waals surface area contributed by atoms with Crippen molar-refractivity contribution in [2.24, 2.45) is 0 Å². The molecule has 146 valence electrons. The molecule has 0 spiro atoms. The van der Waals surface area contributed by atoms with Crippen LogP contribution in [0.2, 0.25) is 0 Å². The smallest absolute Gasteiger partial charge is 0.255 e. The summed E-state index contributed by atoms with van der Waals surface area (Å²) < 4.78 is 11.5. The number of rotatable bonds is 6. The number of amides is 1. The third-order valence-electron chi connectivity index (χ3n) is 4.48. The maximum Gasteiger partial charge on any atom is 0.255 e. The Morgan fingerprint density at radius 3 is 2.76 bits per heavy atom. The van der Waals surface area contributed by atoms with Crippen molar-refractivity contribution in [3.05, 3.63) is 77.9 Å². The van der Waals surface area contributed by atoms with Crippen LogP contribution in [0.25, 0.3) is 22.6 Å². The SMILES string of the molecule is CCCOc1cccc(C(=O)Nc2ccc3oc(-c4cccc(C)c4)nc3c2)c1. The highest BCUT2D eigenvalue weighted by Crippen LogP contribution is 2.27. The summed E-state index contributed by atoms with van der Waals surface area (Å²) in [7, 11) is 0. The number of nitrogens with one attached hydrogen (secondary N) is 1. The number of aromatic nitrogens is 1. The van der Waals surface area contributed by atoms with E-state index >= 15 is 0 Å². The largest absolute Gasteiger partial charge is 0.494 e. The summed E-state index contributed by atoms with van der Waals surface area (Å²) in [5.41, 5.74) is 4.64. The first-order valence-electron chi connectivity index (χ1n) is 9.64. The first-order chi connectivity index (χ1) is 14.1. The quantitative estimate of drug-likeness (QED) is 0.452. The first-order valence-corrected chi connectivity index (χ1v) is 9.64. The minimum atomic E-state index is -0.200. The average Bonchev–Trinajstić information content (AvgIpc) is 3.16. The van der Waals surface area contributed by atoms with E-state index in [2.05, 4.69) is 10.3 Å². The van der Waals surface area contributed by atoms with Gasteiger partial charge in [0.25, 0.3) is 5.91 Å². The van der Waals surface area contributed by atoms with Crippen molar-refractivity contribution in [1.82, 2.24) is 4.98 Å². The monoisotopic (exact) mass is 386 g/mol. The second-order valence-electron chi connectivity index (χ2n) is 6.90. The summed E-state index contributed by atoms with van der Waals surface area (Å²) in [6, 6.07) is 20.6. The highest BCUT2D eigenvalue weighted by molar-refractivity contribution is 6.05. The van der Waals surface area contributed by atoms with E-state index in [4.69, 9.17) is 9.15 Å². The van der Waals surface area contributed by atoms with Crippen molar-refractivity contribution in [2.75, 3.05) is 11.9 Å². The Bertz CT molecular complexity index is 1160. The van der Waals surface area contributed by atoms with E-state index in [0.29, 0.717) is 40.6 Å². The minimum Gasteiger partial charge on any atom is -0.494 e. The molecule has 0 aliphatic heterocycles. The predicted octanol–water partition coefficient (Wildman–Crippen LogP) is 5.84. The number of carbonyl (C=O) groups excluding carboxylic acids is 1. The lowest BCUT2D eigenvalue weighted by molar-refractivity contribution is 0.102. The third kappa shape index (κ3) is 4.29. The van der Waals surface area contributed by atoms with Crippen LogP contribution in [0.3, 0.4) is 0 Å². The fourth-order valence-electron chi connectivity index (χ4n) is 3.06. The summed E-state index contributed by atoms with van der Waals surface area (Å²) >= 11 is 0. The van der Waals surface area contributed by atoms with Crippen LogP contribution in [0.1, 0.15) is 29.3 Å². The molecule has 1 aromatic heterocycles. The van der Waals surface area contributed by atoms with Gasteiger partial charge in [-0.2, -0.15) is 0 Å². The van der Waals surface area contributed by atoms with E-state index < -0.39 is 0 Å². The summed E-state index contributed by atoms with van der Waals surface area (Å²) in [6.45, 7) is 4.69. The van der Waals surface area contributed by atoms with Crippen LogP contribution in [-0.2, 0) is 0 Å². The molecule has 0 bridgehead atoms. The van der Waals surface area contributed by atoms with Crippen LogP contribution in [0, 0.1) is 6.92 Å². The Balaban J connectivity index is 1.55. The van der Waals surface area contributed by atoms with Gasteiger partial charge in [0.15, 0.2) is 5.58 Å². The second-order valence-corrected chi connectivity index (χ2v) is 6.90. The van der Waals surface area contributed by atoms with E-state index in [9.17, 15) is 4.79 Å². The molecule has 0 fully saturated rings. The van der Waals surface area contributed by atoms with Gasteiger partial charge >= 0.3 is 0 Å². The van der Waals surface area contributed by atoms with Gasteiger partial charge in [0.1, 0.15) is 11.3 Å². The maximum absolute atomic E-state index is 12.6. The van der Waals surface area contributed by atoms with Gasteiger partial charge in [-0.3, -0.25) is 4.79 Å². The Kier molecular flexibility index (Phi) is 5.29. The molecule has 0 aliphatic rings. The fraction of sp³-hybridized carbons (Fsp3) is 0.167. The Labute approximate surface area is 169 Å². The summed E-state index contributed by atoms with van der Waals surface area (Å²) in [5, 5.41) is 2.92. The molecule has 29 heavy (non-hydrogen) atoms. The van der Waals surface area contributed by atoms with E-state index in [0.717, 1.165) is 17.5 Å². The molecular weight excluding hydrogens is 364 g/mol. The van der Waals surface area contributed by atoms with E-state index in [1.807, 2.05) is 68.4 Å². The zero-order valence-electron chi connectivity index (χ0n) is 16.4. The van der Waals surface area contributed by atoms with Gasteiger partial charge in [-0.15, -0.1) is 0 Å². The number of carbonyl (C=O) groups is 1. The molecular formula is C24H22N2O3. The standard InChI is InChI=1S/C24H22N2O3/c1-3-12-28-20-9-5-7-17(14-20)23(27)25-19-10-11-22-21(15-19)26-24(29-22)18-8-4-6-16(2)13-18/h4-11,13-15H,3,12H2,1-2H3,(H,25,27). The van der Waals surface area contributed by atoms with Crippen LogP contribution in [0.15, 0.2) is 71.1 Å². The number of fused-ring (bicyclic) bond motifs is 1. The lowest BCUT2D eigenvalue weighted by Crippen LogP contribution is -2.12. The Morgan fingerprint density at radius 1 is 1.07 bits per heavy atom. The molecule has 3 aromatic carbocycles. The van der Waals surface area contributed by atoms with Crippen molar-refractivity contribution in [3.63, 3.8) is 0 Å². The number of anilines is 1. The Hall–Kier alpha value is -3.60. The molecule has 0 atom stereocenters. The van der Waals surface area contributed by atoms with Gasteiger partial charge in [0.2, 0.25) is 5.89 Å². The normalized spacial score (nSPS) is 10.8. The van der Waals surface area contributed by atoms with Crippen molar-refractivity contribution in [2.45, 2.75) is 20.3 Å². The zero-order valence-corrected chi connectivity index (χ0v) is 16.4. The topological polar surface area (TPSA) is 64.4 Å². The van der Waals surface area contributed by atoms with Crippen molar-refractivity contribution < 1.29 is 13.9 Å². The number of hydrogen-bond acceptors (Lipinski definition) is 4. The molecule has 1 N–H and O–H groups in total. The molecule has 4 aromatic rings. The first kappa shape index (κ1) is 18.7. The van der Waals surface area contributed by atoms with Crippen LogP contribution in [-0.4, -0.2) is 17.5 Å². The second kappa shape index (κ2) is 8.19. The third-order valence-corrected chi connectivity index (χ3v) is 4.48. The molecule has 0 aliphatic carbocycles. The van der Waals surface area contributed by atoms with Crippen LogP contribution in [0.4, 0.5) is 5.69 Å². The van der Waals surface area contributed by atoms with Crippen molar-refractivity contribution in [3.8, 4) is 17.2 Å². The number of nitrogens with zero attached hydrogens (tertiary/aromatic N) is 1. The van der Waals surface area contributed by atoms with Crippen molar-refractivity contribution in [1.29, 1.82) is 0 Å². The van der Waals surface area contributed by atoms with Gasteiger partial charge in [-0.1, -0.05) is 30.7 Å². The van der Waals surface area contributed by atoms with Gasteiger partial charge in [0.05, 0.1) is 6.61 Å². The average molecular weight is 386 g/mol. The molecule has 4 rings (SSSR count). The number of oxazole rings is 1. The predicted molar refractivity (Wildman–Crippen MR) is 114 cm³/mol. The number of aryl methyl sites for hydroxylation is 1. The maximum atomic E-state index is 12.6. The minimum absolute atomic E-state index is 0.200. The summed E-state index contributed by atoms with van der Waals surface area (Å²) in [4.78, 5) is 17.2. The van der Waals surface area contributed by atoms with E-state index in [1.54, 1.807) is 12.1 Å². The van der Waals surface area contributed by atoms with E-state index in [-0.39, 0.29) is 5.91 Å². The molecule has 5 heteroatoms. The summed E-state index contributed by atoms with van der Waals surface area (Å²) in [6.07, 6.45) is 0.915. The molecule has 0 radical (unpaired) electrons. The fourth-order valence-corrected chi connectivity index (χ4v) is 3.06. The lowest BCUT2D eigenvalue weighted by atomic mass is 10.1. The molecule has 5 nitrogen and oxygen atoms in total. The zero-order chi connectivity index (χ0) is 20.2. The van der Waals surface area contributed by atoms with Gasteiger partial charge in [-0.25, -0.2) is 4.98 Å². The lowest BCUT2D eigenvalue weighted by Gasteiger charge is -2.08. The van der Waals surface area contributed by atoms with Crippen LogP contribution in [0.5, 0.6) is 5.75 Å². The molecule has 0 saturated carbocycles. The van der Waals surface area contributed by atoms with Crippen LogP contribution < -0.4 is 10.1 Å². The summed E-state index contributed by atoms with van der Waals surface area (Å²) in [5.74, 6) is 1.05.